The first kappa shape index (κ1) is 27.8. The lowest BCUT2D eigenvalue weighted by Gasteiger charge is -2.36. The van der Waals surface area contributed by atoms with Crippen molar-refractivity contribution in [3.8, 4) is 5.75 Å². The van der Waals surface area contributed by atoms with Gasteiger partial charge < -0.3 is 20.3 Å². The molecule has 1 unspecified atom stereocenters. The lowest BCUT2D eigenvalue weighted by atomic mass is 10.1. The monoisotopic (exact) mass is 557 g/mol. The molecule has 178 valence electrons. The molecule has 0 radical (unpaired) electrons. The lowest BCUT2D eigenvalue weighted by Crippen LogP contribution is -2.52. The lowest BCUT2D eigenvalue weighted by molar-refractivity contribution is -0.153. The highest BCUT2D eigenvalue weighted by Gasteiger charge is 2.28. The molecule has 1 atom stereocenters. The summed E-state index contributed by atoms with van der Waals surface area (Å²) in [6.07, 6.45) is -4.37. The van der Waals surface area contributed by atoms with Crippen LogP contribution in [0.15, 0.2) is 23.2 Å². The molecule has 0 spiro atoms. The number of hydrogen-bond acceptors (Lipinski definition) is 4. The molecule has 2 N–H and O–H groups in total. The van der Waals surface area contributed by atoms with Crippen molar-refractivity contribution in [2.45, 2.75) is 39.5 Å². The van der Waals surface area contributed by atoms with E-state index in [0.29, 0.717) is 24.1 Å². The summed E-state index contributed by atoms with van der Waals surface area (Å²) < 4.78 is 42.7. The van der Waals surface area contributed by atoms with Gasteiger partial charge in [0.25, 0.3) is 0 Å². The van der Waals surface area contributed by atoms with Crippen LogP contribution < -0.4 is 15.4 Å². The first-order valence-electron chi connectivity index (χ1n) is 10.4. The fourth-order valence-electron chi connectivity index (χ4n) is 3.23. The molecule has 1 aliphatic heterocycles. The van der Waals surface area contributed by atoms with Crippen molar-refractivity contribution in [2.24, 2.45) is 4.99 Å². The maximum Gasteiger partial charge on any atom is 0.422 e. The second-order valence-corrected chi connectivity index (χ2v) is 7.78. The molecular weight excluding hydrogens is 522 g/mol. The van der Waals surface area contributed by atoms with Crippen LogP contribution in [-0.4, -0.2) is 80.9 Å². The number of likely N-dealkylation sites (N-methyl/N-ethyl adjacent to an activating group) is 1. The van der Waals surface area contributed by atoms with Crippen molar-refractivity contribution in [3.05, 3.63) is 29.3 Å². The molecule has 1 saturated heterocycles. The minimum absolute atomic E-state index is 0. The van der Waals surface area contributed by atoms with Crippen LogP contribution in [0.25, 0.3) is 0 Å². The van der Waals surface area contributed by atoms with Crippen molar-refractivity contribution >= 4 is 29.9 Å². The van der Waals surface area contributed by atoms with Crippen molar-refractivity contribution in [1.82, 2.24) is 20.4 Å². The second-order valence-electron chi connectivity index (χ2n) is 7.78. The van der Waals surface area contributed by atoms with Gasteiger partial charge in [-0.15, -0.1) is 24.0 Å². The number of rotatable bonds is 8. The van der Waals surface area contributed by atoms with E-state index in [4.69, 9.17) is 4.74 Å². The standard InChI is InChI=1S/C21H34F3N5O.HI/c1-5-25-20(26-13-17(3)29-10-8-28(4)9-11-29)27-14-18-7-6-16(2)12-19(18)30-15-21(22,23)24;/h6-7,12,17H,5,8-11,13-15H2,1-4H3,(H2,25,26,27);1H. The number of benzene rings is 1. The van der Waals surface area contributed by atoms with Gasteiger partial charge in [0, 0.05) is 50.9 Å². The topological polar surface area (TPSA) is 52.1 Å². The molecule has 0 bridgehead atoms. The molecule has 10 heteroatoms. The Morgan fingerprint density at radius 2 is 1.87 bits per heavy atom. The van der Waals surface area contributed by atoms with Gasteiger partial charge in [-0.05, 0) is 39.4 Å². The Labute approximate surface area is 200 Å². The van der Waals surface area contributed by atoms with Crippen LogP contribution in [-0.2, 0) is 6.54 Å². The van der Waals surface area contributed by atoms with Crippen molar-refractivity contribution in [1.29, 1.82) is 0 Å². The summed E-state index contributed by atoms with van der Waals surface area (Å²) >= 11 is 0. The maximum absolute atomic E-state index is 12.6. The molecule has 0 saturated carbocycles. The predicted molar refractivity (Wildman–Crippen MR) is 129 cm³/mol. The van der Waals surface area contributed by atoms with Gasteiger partial charge in [-0.25, -0.2) is 4.99 Å². The minimum Gasteiger partial charge on any atom is -0.484 e. The van der Waals surface area contributed by atoms with Gasteiger partial charge in [0.15, 0.2) is 12.6 Å². The summed E-state index contributed by atoms with van der Waals surface area (Å²) in [6, 6.07) is 5.58. The molecule has 31 heavy (non-hydrogen) atoms. The van der Waals surface area contributed by atoms with Crippen molar-refractivity contribution in [3.63, 3.8) is 0 Å². The molecule has 1 aliphatic rings. The number of nitrogens with zero attached hydrogens (tertiary/aromatic N) is 3. The summed E-state index contributed by atoms with van der Waals surface area (Å²) in [6.45, 7) is 10.5. The normalized spacial score (nSPS) is 17.1. The maximum atomic E-state index is 12.6. The van der Waals surface area contributed by atoms with Gasteiger partial charge in [0.1, 0.15) is 5.75 Å². The van der Waals surface area contributed by atoms with Crippen molar-refractivity contribution < 1.29 is 17.9 Å². The molecular formula is C21H35F3IN5O. The Morgan fingerprint density at radius 1 is 1.19 bits per heavy atom. The zero-order chi connectivity index (χ0) is 22.1. The van der Waals surface area contributed by atoms with E-state index in [2.05, 4.69) is 39.4 Å². The van der Waals surface area contributed by atoms with Crippen LogP contribution in [0.3, 0.4) is 0 Å². The van der Waals surface area contributed by atoms with E-state index in [-0.39, 0.29) is 36.3 Å². The summed E-state index contributed by atoms with van der Waals surface area (Å²) in [5.41, 5.74) is 1.46. The number of ether oxygens (including phenoxy) is 1. The third-order valence-corrected chi connectivity index (χ3v) is 5.09. The molecule has 1 fully saturated rings. The second kappa shape index (κ2) is 13.3. The molecule has 6 nitrogen and oxygen atoms in total. The third-order valence-electron chi connectivity index (χ3n) is 5.09. The minimum atomic E-state index is -4.37. The van der Waals surface area contributed by atoms with Crippen LogP contribution in [0.1, 0.15) is 25.0 Å². The summed E-state index contributed by atoms with van der Waals surface area (Å²) in [5, 5.41) is 6.55. The van der Waals surface area contributed by atoms with Gasteiger partial charge in [-0.2, -0.15) is 13.2 Å². The van der Waals surface area contributed by atoms with E-state index in [9.17, 15) is 13.2 Å². The number of hydrogen-bond donors (Lipinski definition) is 2. The average molecular weight is 557 g/mol. The Bertz CT molecular complexity index is 694. The Hall–Kier alpha value is -1.27. The molecule has 0 amide bonds. The van der Waals surface area contributed by atoms with E-state index in [0.717, 1.165) is 38.3 Å². The largest absolute Gasteiger partial charge is 0.484 e. The van der Waals surface area contributed by atoms with E-state index < -0.39 is 12.8 Å². The molecule has 2 rings (SSSR count). The van der Waals surface area contributed by atoms with Gasteiger partial charge in [-0.3, -0.25) is 4.90 Å². The fraction of sp³-hybridized carbons (Fsp3) is 0.667. The Balaban J connectivity index is 0.00000480. The molecule has 1 heterocycles. The third kappa shape index (κ3) is 10.3. The number of alkyl halides is 3. The Morgan fingerprint density at radius 3 is 2.48 bits per heavy atom. The highest BCUT2D eigenvalue weighted by Crippen LogP contribution is 2.24. The number of nitrogens with one attached hydrogen (secondary N) is 2. The van der Waals surface area contributed by atoms with E-state index in [1.165, 1.54) is 0 Å². The van der Waals surface area contributed by atoms with Crippen LogP contribution in [0.4, 0.5) is 13.2 Å². The highest BCUT2D eigenvalue weighted by molar-refractivity contribution is 14.0. The van der Waals surface area contributed by atoms with Gasteiger partial charge >= 0.3 is 6.18 Å². The summed E-state index contributed by atoms with van der Waals surface area (Å²) in [7, 11) is 2.13. The molecule has 1 aromatic rings. The van der Waals surface area contributed by atoms with Crippen molar-refractivity contribution in [2.75, 3.05) is 52.9 Å². The van der Waals surface area contributed by atoms with Crippen LogP contribution in [0, 0.1) is 6.92 Å². The van der Waals surface area contributed by atoms with Gasteiger partial charge in [0.2, 0.25) is 0 Å². The SMILES string of the molecule is CCNC(=NCc1ccc(C)cc1OCC(F)(F)F)NCC(C)N1CCN(C)CC1.I. The number of aliphatic imine (C=N–C) groups is 1. The van der Waals surface area contributed by atoms with E-state index >= 15 is 0 Å². The fourth-order valence-corrected chi connectivity index (χ4v) is 3.23. The summed E-state index contributed by atoms with van der Waals surface area (Å²) in [4.78, 5) is 9.32. The number of piperazine rings is 1. The quantitative estimate of drug-likeness (QED) is 0.292. The summed E-state index contributed by atoms with van der Waals surface area (Å²) in [5.74, 6) is 0.860. The first-order chi connectivity index (χ1) is 14.2. The molecule has 0 aliphatic carbocycles. The van der Waals surface area contributed by atoms with E-state index in [1.54, 1.807) is 12.1 Å². The van der Waals surface area contributed by atoms with Crippen LogP contribution >= 0.6 is 24.0 Å². The van der Waals surface area contributed by atoms with E-state index in [1.807, 2.05) is 19.9 Å². The smallest absolute Gasteiger partial charge is 0.422 e. The van der Waals surface area contributed by atoms with Gasteiger partial charge in [-0.1, -0.05) is 12.1 Å². The number of guanidine groups is 1. The zero-order valence-corrected chi connectivity index (χ0v) is 21.1. The first-order valence-corrected chi connectivity index (χ1v) is 10.4. The predicted octanol–water partition coefficient (Wildman–Crippen LogP) is 3.25. The average Bonchev–Trinajstić information content (AvgIpc) is 2.69. The van der Waals surface area contributed by atoms with Crippen LogP contribution in [0.5, 0.6) is 5.75 Å². The number of halogens is 4. The molecule has 1 aromatic carbocycles. The highest BCUT2D eigenvalue weighted by atomic mass is 127. The number of aryl methyl sites for hydroxylation is 1. The Kier molecular flexibility index (Phi) is 11.9. The van der Waals surface area contributed by atoms with Gasteiger partial charge in [0.05, 0.1) is 6.54 Å². The molecule has 0 aromatic heterocycles. The van der Waals surface area contributed by atoms with Crippen LogP contribution in [0.2, 0.25) is 0 Å². The zero-order valence-electron chi connectivity index (χ0n) is 18.8.